The van der Waals surface area contributed by atoms with Crippen molar-refractivity contribution in [3.8, 4) is 6.07 Å². The Kier molecular flexibility index (Phi) is 3.56. The van der Waals surface area contributed by atoms with Crippen molar-refractivity contribution in [3.63, 3.8) is 0 Å². The van der Waals surface area contributed by atoms with Crippen LogP contribution in [0.3, 0.4) is 0 Å². The van der Waals surface area contributed by atoms with E-state index in [1.54, 1.807) is 0 Å². The number of nitrogens with zero attached hydrogens (tertiary/aromatic N) is 2. The zero-order valence-electron chi connectivity index (χ0n) is 15.2. The molecular formula is C20H30N2O2. The number of carbonyl (C=O) groups is 1. The van der Waals surface area contributed by atoms with Crippen LogP contribution < -0.4 is 0 Å². The molecule has 4 heteroatoms. The van der Waals surface area contributed by atoms with E-state index in [0.717, 1.165) is 32.1 Å². The SMILES string of the molecule is CN1C(=O)CC[C@@]2(C)C1CC[C@@H]1[C@H]2CC[C@]2(C)C(O)CC(C#N)[C@@H]12. The molecule has 1 heterocycles. The van der Waals surface area contributed by atoms with E-state index in [0.29, 0.717) is 42.5 Å². The topological polar surface area (TPSA) is 64.3 Å². The van der Waals surface area contributed by atoms with Crippen molar-refractivity contribution in [2.75, 3.05) is 7.05 Å². The highest BCUT2D eigenvalue weighted by molar-refractivity contribution is 5.77. The van der Waals surface area contributed by atoms with Gasteiger partial charge in [0.15, 0.2) is 0 Å². The van der Waals surface area contributed by atoms with E-state index in [9.17, 15) is 15.2 Å². The van der Waals surface area contributed by atoms with E-state index >= 15 is 0 Å². The summed E-state index contributed by atoms with van der Waals surface area (Å²) in [4.78, 5) is 14.2. The van der Waals surface area contributed by atoms with E-state index < -0.39 is 0 Å². The zero-order chi connectivity index (χ0) is 17.3. The molecule has 132 valence electrons. The molecule has 1 N–H and O–H groups in total. The molecule has 1 amide bonds. The number of fused-ring (bicyclic) bond motifs is 5. The minimum atomic E-state index is -0.325. The molecule has 0 bridgehead atoms. The van der Waals surface area contributed by atoms with Crippen molar-refractivity contribution >= 4 is 5.91 Å². The van der Waals surface area contributed by atoms with Crippen molar-refractivity contribution in [2.45, 2.75) is 70.9 Å². The van der Waals surface area contributed by atoms with Crippen LogP contribution in [0.5, 0.6) is 0 Å². The van der Waals surface area contributed by atoms with Crippen LogP contribution in [0.4, 0.5) is 0 Å². The first-order valence-electron chi connectivity index (χ1n) is 9.66. The summed E-state index contributed by atoms with van der Waals surface area (Å²) in [6.07, 6.45) is 6.31. The van der Waals surface area contributed by atoms with Gasteiger partial charge in [0.05, 0.1) is 18.1 Å². The minimum absolute atomic E-state index is 0.000835. The van der Waals surface area contributed by atoms with Crippen molar-refractivity contribution < 1.29 is 9.90 Å². The van der Waals surface area contributed by atoms with Crippen LogP contribution in [0.2, 0.25) is 0 Å². The average molecular weight is 330 g/mol. The van der Waals surface area contributed by atoms with E-state index in [1.807, 2.05) is 11.9 Å². The highest BCUT2D eigenvalue weighted by atomic mass is 16.3. The van der Waals surface area contributed by atoms with Crippen LogP contribution in [-0.4, -0.2) is 35.1 Å². The number of amides is 1. The lowest BCUT2D eigenvalue weighted by Gasteiger charge is -2.61. The Labute approximate surface area is 145 Å². The lowest BCUT2D eigenvalue weighted by Crippen LogP contribution is -2.61. The molecule has 0 spiro atoms. The van der Waals surface area contributed by atoms with Gasteiger partial charge >= 0.3 is 0 Å². The fourth-order valence-corrected chi connectivity index (χ4v) is 7.36. The summed E-state index contributed by atoms with van der Waals surface area (Å²) >= 11 is 0. The second-order valence-corrected chi connectivity index (χ2v) is 9.43. The minimum Gasteiger partial charge on any atom is -0.393 e. The number of hydrogen-bond donors (Lipinski definition) is 1. The Balaban J connectivity index is 1.70. The van der Waals surface area contributed by atoms with E-state index in [2.05, 4.69) is 19.9 Å². The third kappa shape index (κ3) is 1.91. The molecule has 3 unspecified atom stereocenters. The van der Waals surface area contributed by atoms with E-state index in [4.69, 9.17) is 0 Å². The van der Waals surface area contributed by atoms with Crippen LogP contribution in [-0.2, 0) is 4.79 Å². The number of aliphatic hydroxyl groups is 1. The molecule has 1 aliphatic heterocycles. The fraction of sp³-hybridized carbons (Fsp3) is 0.900. The largest absolute Gasteiger partial charge is 0.393 e. The normalized spacial score (nSPS) is 53.8. The maximum atomic E-state index is 12.2. The standard InChI is InChI=1S/C20H30N2O2/c1-19-9-7-17(24)22(3)15(19)5-4-13-14(19)6-8-20(2)16(23)10-12(11-21)18(13)20/h12-16,18,23H,4-10H2,1-3H3/t12?,13-,14-,15?,16?,18+,19-,20-/m1/s1. The van der Waals surface area contributed by atoms with Crippen LogP contribution >= 0.6 is 0 Å². The van der Waals surface area contributed by atoms with Gasteiger partial charge < -0.3 is 10.0 Å². The second-order valence-electron chi connectivity index (χ2n) is 9.43. The number of likely N-dealkylation sites (tertiary alicyclic amines) is 1. The number of carbonyl (C=O) groups excluding carboxylic acids is 1. The van der Waals surface area contributed by atoms with Crippen molar-refractivity contribution in [2.24, 2.45) is 34.5 Å². The van der Waals surface area contributed by atoms with Gasteiger partial charge in [-0.15, -0.1) is 0 Å². The molecule has 4 fully saturated rings. The van der Waals surface area contributed by atoms with Crippen LogP contribution in [0.15, 0.2) is 0 Å². The predicted molar refractivity (Wildman–Crippen MR) is 90.7 cm³/mol. The predicted octanol–water partition coefficient (Wildman–Crippen LogP) is 2.96. The maximum Gasteiger partial charge on any atom is 0.222 e. The Bertz CT molecular complexity index is 599. The first-order valence-corrected chi connectivity index (χ1v) is 9.66. The van der Waals surface area contributed by atoms with Crippen LogP contribution in [0, 0.1) is 45.8 Å². The fourth-order valence-electron chi connectivity index (χ4n) is 7.36. The summed E-state index contributed by atoms with van der Waals surface area (Å²) in [7, 11) is 1.98. The second kappa shape index (κ2) is 5.21. The van der Waals surface area contributed by atoms with Gasteiger partial charge in [0, 0.05) is 19.5 Å². The lowest BCUT2D eigenvalue weighted by molar-refractivity contribution is -0.161. The molecule has 0 aromatic heterocycles. The lowest BCUT2D eigenvalue weighted by atomic mass is 9.46. The Morgan fingerprint density at radius 2 is 1.96 bits per heavy atom. The maximum absolute atomic E-state index is 12.2. The van der Waals surface area contributed by atoms with Gasteiger partial charge in [0.2, 0.25) is 5.91 Å². The molecule has 0 aromatic rings. The molecule has 3 aliphatic carbocycles. The summed E-state index contributed by atoms with van der Waals surface area (Å²) in [5.74, 6) is 1.75. The molecule has 4 rings (SSSR count). The third-order valence-electron chi connectivity index (χ3n) is 8.69. The van der Waals surface area contributed by atoms with Gasteiger partial charge in [-0.3, -0.25) is 4.79 Å². The number of hydrogen-bond acceptors (Lipinski definition) is 3. The van der Waals surface area contributed by atoms with Gasteiger partial charge in [0.1, 0.15) is 0 Å². The first kappa shape index (κ1) is 16.4. The molecule has 3 saturated carbocycles. The summed E-state index contributed by atoms with van der Waals surface area (Å²) in [6, 6.07) is 2.89. The zero-order valence-corrected chi connectivity index (χ0v) is 15.2. The monoisotopic (exact) mass is 330 g/mol. The number of aliphatic hydroxyl groups excluding tert-OH is 1. The number of nitriles is 1. The summed E-state index contributed by atoms with van der Waals surface area (Å²) < 4.78 is 0. The highest BCUT2D eigenvalue weighted by Gasteiger charge is 2.63. The van der Waals surface area contributed by atoms with Gasteiger partial charge in [-0.2, -0.15) is 5.26 Å². The van der Waals surface area contributed by atoms with Gasteiger partial charge in [0.25, 0.3) is 0 Å². The molecule has 4 aliphatic rings. The van der Waals surface area contributed by atoms with E-state index in [1.165, 1.54) is 0 Å². The van der Waals surface area contributed by atoms with Crippen LogP contribution in [0.25, 0.3) is 0 Å². The Hall–Kier alpha value is -1.08. The molecule has 4 nitrogen and oxygen atoms in total. The summed E-state index contributed by atoms with van der Waals surface area (Å²) in [6.45, 7) is 4.62. The molecular weight excluding hydrogens is 300 g/mol. The van der Waals surface area contributed by atoms with Crippen molar-refractivity contribution in [1.29, 1.82) is 5.26 Å². The smallest absolute Gasteiger partial charge is 0.222 e. The highest BCUT2D eigenvalue weighted by Crippen LogP contribution is 2.65. The van der Waals surface area contributed by atoms with Crippen LogP contribution in [0.1, 0.15) is 58.8 Å². The van der Waals surface area contributed by atoms with Crippen molar-refractivity contribution in [3.05, 3.63) is 0 Å². The summed E-state index contributed by atoms with van der Waals surface area (Å²) in [5.41, 5.74) is 0.0988. The molecule has 24 heavy (non-hydrogen) atoms. The van der Waals surface area contributed by atoms with Gasteiger partial charge in [-0.1, -0.05) is 13.8 Å². The Morgan fingerprint density at radius 3 is 2.67 bits per heavy atom. The third-order valence-corrected chi connectivity index (χ3v) is 8.69. The van der Waals surface area contributed by atoms with Gasteiger partial charge in [-0.25, -0.2) is 0 Å². The average Bonchev–Trinajstić information content (AvgIpc) is 2.82. The molecule has 8 atom stereocenters. The van der Waals surface area contributed by atoms with Crippen molar-refractivity contribution in [1.82, 2.24) is 4.90 Å². The van der Waals surface area contributed by atoms with E-state index in [-0.39, 0.29) is 22.9 Å². The number of rotatable bonds is 0. The Morgan fingerprint density at radius 1 is 1.21 bits per heavy atom. The first-order chi connectivity index (χ1) is 11.3. The molecule has 0 aromatic carbocycles. The number of piperidine rings is 1. The summed E-state index contributed by atoms with van der Waals surface area (Å²) in [5, 5.41) is 20.3. The molecule has 0 radical (unpaired) electrons. The quantitative estimate of drug-likeness (QED) is 0.742. The van der Waals surface area contributed by atoms with Gasteiger partial charge in [-0.05, 0) is 67.1 Å². The molecule has 1 saturated heterocycles.